The molecule has 1 aromatic carbocycles. The van der Waals surface area contributed by atoms with Crippen LogP contribution < -0.4 is 11.3 Å². The highest BCUT2D eigenvalue weighted by molar-refractivity contribution is 5.83. The summed E-state index contributed by atoms with van der Waals surface area (Å²) >= 11 is 0. The van der Waals surface area contributed by atoms with E-state index in [2.05, 4.69) is 10.4 Å². The molecule has 18 heavy (non-hydrogen) atoms. The van der Waals surface area contributed by atoms with Crippen LogP contribution in [0.2, 0.25) is 0 Å². The van der Waals surface area contributed by atoms with Gasteiger partial charge in [0, 0.05) is 11.5 Å². The van der Waals surface area contributed by atoms with Gasteiger partial charge in [-0.3, -0.25) is 0 Å². The molecule has 0 fully saturated rings. The van der Waals surface area contributed by atoms with Gasteiger partial charge in [0.05, 0.1) is 0 Å². The molecule has 1 aromatic heterocycles. The van der Waals surface area contributed by atoms with Crippen LogP contribution in [0.15, 0.2) is 12.1 Å². The van der Waals surface area contributed by atoms with E-state index in [4.69, 9.17) is 5.84 Å². The third-order valence-corrected chi connectivity index (χ3v) is 2.74. The number of hydrazine groups is 1. The Balaban J connectivity index is 2.87. The highest BCUT2D eigenvalue weighted by Crippen LogP contribution is 2.29. The molecule has 0 amide bonds. The number of halogens is 3. The molecule has 0 unspecified atom stereocenters. The van der Waals surface area contributed by atoms with Crippen molar-refractivity contribution >= 4 is 16.7 Å². The van der Waals surface area contributed by atoms with Crippen LogP contribution in [-0.2, 0) is 0 Å². The lowest BCUT2D eigenvalue weighted by molar-refractivity contribution is 0.504. The molecular formula is C12H12F3N3. The fraction of sp³-hybridized carbons (Fsp3) is 0.250. The Morgan fingerprint density at radius 2 is 1.83 bits per heavy atom. The topological polar surface area (TPSA) is 50.9 Å². The van der Waals surface area contributed by atoms with E-state index in [1.165, 1.54) is 6.07 Å². The number of fused-ring (bicyclic) bond motifs is 1. The van der Waals surface area contributed by atoms with Gasteiger partial charge in [-0.05, 0) is 17.5 Å². The summed E-state index contributed by atoms with van der Waals surface area (Å²) in [6.45, 7) is 3.73. The van der Waals surface area contributed by atoms with Crippen molar-refractivity contribution < 1.29 is 13.2 Å². The molecule has 0 aliphatic heterocycles. The number of nitrogen functional groups attached to an aromatic ring is 1. The molecule has 0 aliphatic rings. The van der Waals surface area contributed by atoms with Crippen LogP contribution in [0, 0.1) is 17.5 Å². The zero-order valence-corrected chi connectivity index (χ0v) is 9.89. The van der Waals surface area contributed by atoms with Gasteiger partial charge in [0.15, 0.2) is 11.6 Å². The Labute approximate surface area is 102 Å². The van der Waals surface area contributed by atoms with Crippen LogP contribution >= 0.6 is 0 Å². The number of nitrogens with one attached hydrogen (secondary N) is 1. The van der Waals surface area contributed by atoms with Crippen LogP contribution in [0.3, 0.4) is 0 Å². The lowest BCUT2D eigenvalue weighted by atomic mass is 10.0. The minimum absolute atomic E-state index is 0.0143. The van der Waals surface area contributed by atoms with Gasteiger partial charge < -0.3 is 5.43 Å². The zero-order valence-electron chi connectivity index (χ0n) is 9.89. The summed E-state index contributed by atoms with van der Waals surface area (Å²) in [6, 6.07) is 1.94. The number of anilines is 1. The average molecular weight is 255 g/mol. The Morgan fingerprint density at radius 1 is 1.17 bits per heavy atom. The number of nitrogens with zero attached hydrogens (tertiary/aromatic N) is 1. The van der Waals surface area contributed by atoms with E-state index in [1.54, 1.807) is 0 Å². The highest BCUT2D eigenvalue weighted by atomic mass is 19.2. The van der Waals surface area contributed by atoms with E-state index in [-0.39, 0.29) is 22.6 Å². The molecule has 2 aromatic rings. The van der Waals surface area contributed by atoms with E-state index in [0.717, 1.165) is 0 Å². The summed E-state index contributed by atoms with van der Waals surface area (Å²) in [5, 5.41) is -0.0587. The minimum Gasteiger partial charge on any atom is -0.308 e. The maximum Gasteiger partial charge on any atom is 0.185 e. The Kier molecular flexibility index (Phi) is 3.13. The van der Waals surface area contributed by atoms with Crippen molar-refractivity contribution in [3.63, 3.8) is 0 Å². The van der Waals surface area contributed by atoms with Crippen molar-refractivity contribution in [2.75, 3.05) is 5.43 Å². The van der Waals surface area contributed by atoms with Gasteiger partial charge in [-0.1, -0.05) is 13.8 Å². The first-order chi connectivity index (χ1) is 8.45. The predicted octanol–water partition coefficient (Wildman–Crippen LogP) is 3.06. The second-order valence-electron chi connectivity index (χ2n) is 4.28. The molecule has 0 radical (unpaired) electrons. The van der Waals surface area contributed by atoms with Gasteiger partial charge in [0.2, 0.25) is 0 Å². The minimum atomic E-state index is -1.27. The van der Waals surface area contributed by atoms with Crippen molar-refractivity contribution in [3.05, 3.63) is 35.1 Å². The Morgan fingerprint density at radius 3 is 2.39 bits per heavy atom. The summed E-state index contributed by atoms with van der Waals surface area (Å²) in [4.78, 5) is 3.84. The molecule has 0 spiro atoms. The van der Waals surface area contributed by atoms with Crippen molar-refractivity contribution in [1.29, 1.82) is 0 Å². The summed E-state index contributed by atoms with van der Waals surface area (Å²) in [5.41, 5.74) is 2.58. The fourth-order valence-electron chi connectivity index (χ4n) is 1.80. The molecule has 0 saturated carbocycles. The second-order valence-corrected chi connectivity index (χ2v) is 4.28. The van der Waals surface area contributed by atoms with Crippen molar-refractivity contribution in [2.24, 2.45) is 5.84 Å². The van der Waals surface area contributed by atoms with E-state index >= 15 is 0 Å². The molecule has 3 nitrogen and oxygen atoms in total. The number of pyridine rings is 1. The molecule has 96 valence electrons. The van der Waals surface area contributed by atoms with E-state index in [1.807, 2.05) is 13.8 Å². The zero-order chi connectivity index (χ0) is 13.4. The fourth-order valence-corrected chi connectivity index (χ4v) is 1.80. The van der Waals surface area contributed by atoms with Gasteiger partial charge in [0.1, 0.15) is 17.2 Å². The van der Waals surface area contributed by atoms with Crippen LogP contribution in [0.25, 0.3) is 10.9 Å². The number of benzene rings is 1. The SMILES string of the molecule is CC(C)c1cc2c(F)cc(F)c(F)c2nc1NN. The van der Waals surface area contributed by atoms with Crippen molar-refractivity contribution in [3.8, 4) is 0 Å². The van der Waals surface area contributed by atoms with Gasteiger partial charge in [-0.25, -0.2) is 24.0 Å². The first-order valence-electron chi connectivity index (χ1n) is 5.40. The lowest BCUT2D eigenvalue weighted by Gasteiger charge is -2.13. The third kappa shape index (κ3) is 1.88. The van der Waals surface area contributed by atoms with E-state index < -0.39 is 17.5 Å². The second kappa shape index (κ2) is 4.45. The van der Waals surface area contributed by atoms with E-state index in [9.17, 15) is 13.2 Å². The number of aromatic nitrogens is 1. The van der Waals surface area contributed by atoms with Gasteiger partial charge in [0.25, 0.3) is 0 Å². The average Bonchev–Trinajstić information content (AvgIpc) is 2.34. The van der Waals surface area contributed by atoms with E-state index in [0.29, 0.717) is 11.6 Å². The van der Waals surface area contributed by atoms with Crippen molar-refractivity contribution in [1.82, 2.24) is 4.98 Å². The number of nitrogens with two attached hydrogens (primary N) is 1. The number of hydrogen-bond donors (Lipinski definition) is 2. The molecule has 2 rings (SSSR count). The quantitative estimate of drug-likeness (QED) is 0.492. The third-order valence-electron chi connectivity index (χ3n) is 2.74. The Bertz CT molecular complexity index is 611. The summed E-state index contributed by atoms with van der Waals surface area (Å²) in [6.07, 6.45) is 0. The standard InChI is InChI=1S/C12H12F3N3/c1-5(2)6-3-7-8(13)4-9(14)10(15)11(7)17-12(6)18-16/h3-5H,16H2,1-2H3,(H,17,18). The maximum absolute atomic E-state index is 13.6. The molecule has 0 aliphatic carbocycles. The van der Waals surface area contributed by atoms with Gasteiger partial charge in [-0.15, -0.1) is 0 Å². The summed E-state index contributed by atoms with van der Waals surface area (Å²) in [5.74, 6) is 2.21. The van der Waals surface area contributed by atoms with Crippen LogP contribution in [0.5, 0.6) is 0 Å². The summed E-state index contributed by atoms with van der Waals surface area (Å²) < 4.78 is 40.3. The first-order valence-corrected chi connectivity index (χ1v) is 5.40. The monoisotopic (exact) mass is 255 g/mol. The predicted molar refractivity (Wildman–Crippen MR) is 63.5 cm³/mol. The van der Waals surface area contributed by atoms with Crippen molar-refractivity contribution in [2.45, 2.75) is 19.8 Å². The normalized spacial score (nSPS) is 11.3. The largest absolute Gasteiger partial charge is 0.308 e. The molecule has 6 heteroatoms. The summed E-state index contributed by atoms with van der Waals surface area (Å²) in [7, 11) is 0. The van der Waals surface area contributed by atoms with Crippen LogP contribution in [0.1, 0.15) is 25.3 Å². The first kappa shape index (κ1) is 12.6. The molecule has 0 atom stereocenters. The molecule has 3 N–H and O–H groups in total. The lowest BCUT2D eigenvalue weighted by Crippen LogP contribution is -2.12. The Hall–Kier alpha value is -1.82. The molecule has 1 heterocycles. The van der Waals surface area contributed by atoms with Crippen LogP contribution in [-0.4, -0.2) is 4.98 Å². The maximum atomic E-state index is 13.6. The molecule has 0 saturated heterocycles. The number of hydrogen-bond acceptors (Lipinski definition) is 3. The number of rotatable bonds is 2. The van der Waals surface area contributed by atoms with Gasteiger partial charge in [-0.2, -0.15) is 0 Å². The molecular weight excluding hydrogens is 243 g/mol. The smallest absolute Gasteiger partial charge is 0.185 e. The molecule has 0 bridgehead atoms. The van der Waals surface area contributed by atoms with Gasteiger partial charge >= 0.3 is 0 Å². The highest BCUT2D eigenvalue weighted by Gasteiger charge is 2.17. The van der Waals surface area contributed by atoms with Crippen LogP contribution in [0.4, 0.5) is 19.0 Å².